The zero-order valence-electron chi connectivity index (χ0n) is 40.9. The molecule has 0 radical (unpaired) electrons. The number of halogens is 4. The average molecular weight is 1060 g/mol. The van der Waals surface area contributed by atoms with Gasteiger partial charge in [0.2, 0.25) is 0 Å². The van der Waals surface area contributed by atoms with Crippen molar-refractivity contribution in [3.05, 3.63) is 202 Å². The maximum absolute atomic E-state index is 6.31. The van der Waals surface area contributed by atoms with Crippen LogP contribution in [0.4, 0.5) is 0 Å². The maximum Gasteiger partial charge on any atom is 0.0792 e. The molecular formula is C57H70Cl4S5. The fraction of sp³-hybridized carbons (Fsp3) is 0.368. The van der Waals surface area contributed by atoms with Crippen LogP contribution < -0.4 is 0 Å². The summed E-state index contributed by atoms with van der Waals surface area (Å²) in [5.41, 5.74) is 14.6. The van der Waals surface area contributed by atoms with Crippen molar-refractivity contribution >= 4 is 96.7 Å². The zero-order valence-corrected chi connectivity index (χ0v) is 48.0. The van der Waals surface area contributed by atoms with Gasteiger partial charge >= 0.3 is 0 Å². The van der Waals surface area contributed by atoms with Gasteiger partial charge in [-0.25, -0.2) is 0 Å². The summed E-state index contributed by atoms with van der Waals surface area (Å²) in [5, 5.41) is 0. The normalized spacial score (nSPS) is 14.0. The molecule has 0 bridgehead atoms. The third kappa shape index (κ3) is 15.4. The Balaban J connectivity index is 0.000000193. The topological polar surface area (TPSA) is 0 Å². The predicted molar refractivity (Wildman–Crippen MR) is 312 cm³/mol. The quantitative estimate of drug-likeness (QED) is 0.107. The minimum Gasteiger partial charge on any atom is -0.165 e. The maximum atomic E-state index is 6.31. The summed E-state index contributed by atoms with van der Waals surface area (Å²) < 4.78 is -0.206. The van der Waals surface area contributed by atoms with Crippen LogP contribution in [-0.4, -0.2) is 18.8 Å². The van der Waals surface area contributed by atoms with Gasteiger partial charge in [0, 0.05) is 10.5 Å². The van der Waals surface area contributed by atoms with Crippen LogP contribution in [0.15, 0.2) is 152 Å². The lowest BCUT2D eigenvalue weighted by molar-refractivity contribution is 0.757. The molecule has 6 aromatic rings. The number of fused-ring (bicyclic) bond motifs is 3. The molecule has 0 saturated carbocycles. The van der Waals surface area contributed by atoms with E-state index < -0.39 is 9.24 Å². The standard InChI is InChI=1S/C17H19ClS.C14H11ClS.C13H19ClS2.C13H21ClS/c1-13(2)14-9-11-16(12-10-14)17(3,19-18)15-7-5-4-6-8-15;1-14(16-15)12-8-4-2-6-10(12)11-7-3-5-9-13(11)14;1-12(2,15-5)10-7-6-8-11(9-10)13(3,4)16-14;1-4-5-7-12-8-6-9-13(10-12)11-15(2,3)14/h4-13H,1-3H3;2-9H,1H3;6-9H,1-5H3;6,8-10H,4-5,7,11H2,1-3H3. The van der Waals surface area contributed by atoms with E-state index in [0.717, 1.165) is 5.75 Å². The van der Waals surface area contributed by atoms with Crippen molar-refractivity contribution in [1.29, 1.82) is 0 Å². The van der Waals surface area contributed by atoms with Crippen molar-refractivity contribution in [3.63, 3.8) is 0 Å². The van der Waals surface area contributed by atoms with E-state index in [-0.39, 0.29) is 19.0 Å². The van der Waals surface area contributed by atoms with Crippen LogP contribution in [0.5, 0.6) is 0 Å². The number of aryl methyl sites for hydroxylation is 1. The Hall–Kier alpha value is -1.77. The van der Waals surface area contributed by atoms with E-state index in [1.54, 1.807) is 0 Å². The summed E-state index contributed by atoms with van der Waals surface area (Å²) in [5.74, 6) is 1.58. The first-order valence-corrected chi connectivity index (χ1v) is 32.2. The predicted octanol–water partition coefficient (Wildman–Crippen LogP) is 20.9. The van der Waals surface area contributed by atoms with E-state index in [1.165, 1.54) is 113 Å². The first-order valence-electron chi connectivity index (χ1n) is 22.6. The Bertz CT molecular complexity index is 2310. The monoisotopic (exact) mass is 1050 g/mol. The van der Waals surface area contributed by atoms with Crippen molar-refractivity contribution < 1.29 is 0 Å². The van der Waals surface area contributed by atoms with Gasteiger partial charge in [0.25, 0.3) is 0 Å². The molecule has 0 nitrogen and oxygen atoms in total. The van der Waals surface area contributed by atoms with Crippen molar-refractivity contribution in [2.24, 2.45) is 0 Å². The molecular weight excluding hydrogens is 987 g/mol. The third-order valence-corrected chi connectivity index (χ3v) is 20.0. The van der Waals surface area contributed by atoms with Gasteiger partial charge in [0.05, 0.1) is 14.2 Å². The molecule has 0 N–H and O–H groups in total. The van der Waals surface area contributed by atoms with Crippen LogP contribution in [0.2, 0.25) is 0 Å². The molecule has 1 atom stereocenters. The number of hydrogen-bond donors (Lipinski definition) is 0. The van der Waals surface area contributed by atoms with Crippen molar-refractivity contribution in [2.75, 3.05) is 18.8 Å². The highest BCUT2D eigenvalue weighted by Gasteiger charge is 2.39. The molecule has 0 fully saturated rings. The highest BCUT2D eigenvalue weighted by atomic mass is 35.7. The van der Waals surface area contributed by atoms with Crippen LogP contribution in [0.25, 0.3) is 11.1 Å². The van der Waals surface area contributed by atoms with Gasteiger partial charge in [-0.1, -0.05) is 190 Å². The second kappa shape index (κ2) is 25.9. The molecule has 0 aliphatic heterocycles. The van der Waals surface area contributed by atoms with Gasteiger partial charge in [-0.05, 0) is 205 Å². The molecule has 0 spiro atoms. The average Bonchev–Trinajstić information content (AvgIpc) is 3.59. The van der Waals surface area contributed by atoms with Crippen molar-refractivity contribution in [2.45, 2.75) is 112 Å². The number of hydrogen-bond acceptors (Lipinski definition) is 4. The van der Waals surface area contributed by atoms with E-state index in [0.29, 0.717) is 5.92 Å². The van der Waals surface area contributed by atoms with E-state index in [9.17, 15) is 0 Å². The van der Waals surface area contributed by atoms with Crippen molar-refractivity contribution in [1.82, 2.24) is 0 Å². The summed E-state index contributed by atoms with van der Waals surface area (Å²) in [7, 11) is 27.8. The molecule has 9 heteroatoms. The Morgan fingerprint density at radius 3 is 1.55 bits per heavy atom. The van der Waals surface area contributed by atoms with Crippen LogP contribution in [-0.2, 0) is 31.2 Å². The molecule has 1 aliphatic carbocycles. The molecule has 1 unspecified atom stereocenters. The molecule has 7 rings (SSSR count). The SMILES string of the molecule is CC(C)c1ccc(C(C)(SCl)c2ccccc2)cc1.CC1(SCl)c2ccccc2-c2ccccc21.CCCCc1cccc(CS(C)(C)Cl)c1.CSC(C)(C)c1cccc(C(C)(C)SCl)c1. The van der Waals surface area contributed by atoms with E-state index >= 15 is 0 Å². The lowest BCUT2D eigenvalue weighted by Gasteiger charge is -2.27. The Kier molecular flexibility index (Phi) is 22.3. The number of benzene rings is 6. The second-order valence-electron chi connectivity index (χ2n) is 18.8. The van der Waals surface area contributed by atoms with Gasteiger partial charge in [0.1, 0.15) is 0 Å². The second-order valence-corrected chi connectivity index (χ2v) is 30.3. The van der Waals surface area contributed by atoms with Gasteiger partial charge in [-0.3, -0.25) is 0 Å². The summed E-state index contributed by atoms with van der Waals surface area (Å²) in [6, 6.07) is 53.8. The lowest BCUT2D eigenvalue weighted by Crippen LogP contribution is -2.17. The van der Waals surface area contributed by atoms with Gasteiger partial charge in [0.15, 0.2) is 0 Å². The highest BCUT2D eigenvalue weighted by Crippen LogP contribution is 2.55. The zero-order chi connectivity index (χ0) is 48.8. The fourth-order valence-corrected chi connectivity index (χ4v) is 12.0. The van der Waals surface area contributed by atoms with Gasteiger partial charge in [-0.2, -0.15) is 21.0 Å². The molecule has 0 amide bonds. The van der Waals surface area contributed by atoms with Gasteiger partial charge in [-0.15, -0.1) is 0 Å². The number of unbranched alkanes of at least 4 members (excludes halogenated alkanes) is 1. The molecule has 0 heterocycles. The summed E-state index contributed by atoms with van der Waals surface area (Å²) >= 11 is 1.87. The molecule has 6 aromatic carbocycles. The number of thioether (sulfide) groups is 1. The number of rotatable bonds is 14. The Morgan fingerprint density at radius 1 is 0.576 bits per heavy atom. The van der Waals surface area contributed by atoms with Crippen LogP contribution in [0, 0.1) is 0 Å². The Labute approximate surface area is 436 Å². The van der Waals surface area contributed by atoms with Crippen LogP contribution in [0.3, 0.4) is 0 Å². The first-order chi connectivity index (χ1) is 31.2. The van der Waals surface area contributed by atoms with E-state index in [2.05, 4.69) is 227 Å². The molecule has 0 aromatic heterocycles. The minimum absolute atomic E-state index is 0.0357. The van der Waals surface area contributed by atoms with E-state index in [4.69, 9.17) is 42.7 Å². The summed E-state index contributed by atoms with van der Waals surface area (Å²) in [4.78, 5) is 0. The fourth-order valence-electron chi connectivity index (χ4n) is 7.78. The molecule has 356 valence electrons. The third-order valence-electron chi connectivity index (χ3n) is 12.2. The summed E-state index contributed by atoms with van der Waals surface area (Å²) in [6.45, 7) is 19.8. The molecule has 0 saturated heterocycles. The highest BCUT2D eigenvalue weighted by molar-refractivity contribution is 8.49. The van der Waals surface area contributed by atoms with E-state index in [1.807, 2.05) is 17.8 Å². The van der Waals surface area contributed by atoms with Crippen molar-refractivity contribution in [3.8, 4) is 11.1 Å². The van der Waals surface area contributed by atoms with Gasteiger partial charge < -0.3 is 0 Å². The molecule has 1 aliphatic rings. The van der Waals surface area contributed by atoms with Crippen LogP contribution >= 0.6 is 96.7 Å². The first kappa shape index (κ1) is 56.8. The van der Waals surface area contributed by atoms with Crippen LogP contribution in [0.1, 0.15) is 131 Å². The smallest absolute Gasteiger partial charge is 0.0792 e. The molecule has 66 heavy (non-hydrogen) atoms. The Morgan fingerprint density at radius 2 is 1.06 bits per heavy atom. The minimum atomic E-state index is -0.942. The largest absolute Gasteiger partial charge is 0.165 e. The lowest BCUT2D eigenvalue weighted by atomic mass is 9.90. The summed E-state index contributed by atoms with van der Waals surface area (Å²) in [6.07, 6.45) is 10.2.